The van der Waals surface area contributed by atoms with Gasteiger partial charge in [0.15, 0.2) is 28.9 Å². The average Bonchev–Trinajstić information content (AvgIpc) is 3.34. The van der Waals surface area contributed by atoms with Crippen LogP contribution in [0, 0.1) is 11.3 Å². The lowest BCUT2D eigenvalue weighted by molar-refractivity contribution is -0.135. The Balaban J connectivity index is 1.75. The van der Waals surface area contributed by atoms with Crippen LogP contribution in [-0.2, 0) is 10.5 Å². The SMILES string of the molecule is N#CCC[C@@]1(n2cnc3c(NC(=O)c4ccccc4)ncnc32)O[C@H](CO)[C@@H](O)[C@H]1F. The van der Waals surface area contributed by atoms with Crippen LogP contribution in [0.2, 0.25) is 0 Å². The topological polar surface area (TPSA) is 146 Å². The second kappa shape index (κ2) is 8.35. The molecule has 0 unspecified atom stereocenters. The molecule has 0 saturated carbocycles. The zero-order valence-electron chi connectivity index (χ0n) is 16.2. The van der Waals surface area contributed by atoms with Gasteiger partial charge in [0.2, 0.25) is 0 Å². The third-order valence-electron chi connectivity index (χ3n) is 5.25. The highest BCUT2D eigenvalue weighted by Crippen LogP contribution is 2.42. The summed E-state index contributed by atoms with van der Waals surface area (Å²) in [7, 11) is 0. The normalized spacial score (nSPS) is 25.4. The number of halogens is 1. The largest absolute Gasteiger partial charge is 0.394 e. The Bertz CT molecular complexity index is 1130. The molecule has 0 bridgehead atoms. The fourth-order valence-corrected chi connectivity index (χ4v) is 3.71. The Labute approximate surface area is 175 Å². The van der Waals surface area contributed by atoms with E-state index < -0.39 is 36.6 Å². The summed E-state index contributed by atoms with van der Waals surface area (Å²) in [5.41, 5.74) is -1.06. The van der Waals surface area contributed by atoms with Crippen molar-refractivity contribution in [1.82, 2.24) is 19.5 Å². The zero-order valence-corrected chi connectivity index (χ0v) is 16.2. The second-order valence-electron chi connectivity index (χ2n) is 7.06. The van der Waals surface area contributed by atoms with Gasteiger partial charge in [-0.1, -0.05) is 18.2 Å². The summed E-state index contributed by atoms with van der Waals surface area (Å²) in [5.74, 6) is -0.300. The molecular weight excluding hydrogens is 407 g/mol. The minimum Gasteiger partial charge on any atom is -0.394 e. The molecule has 1 aliphatic heterocycles. The van der Waals surface area contributed by atoms with Crippen molar-refractivity contribution in [2.24, 2.45) is 0 Å². The van der Waals surface area contributed by atoms with Crippen molar-refractivity contribution >= 4 is 22.9 Å². The van der Waals surface area contributed by atoms with Gasteiger partial charge in [0.05, 0.1) is 19.0 Å². The Morgan fingerprint density at radius 2 is 2.10 bits per heavy atom. The summed E-state index contributed by atoms with van der Waals surface area (Å²) < 4.78 is 22.3. The number of ether oxygens (including phenoxy) is 1. The highest BCUT2D eigenvalue weighted by Gasteiger charge is 2.57. The van der Waals surface area contributed by atoms with E-state index in [1.54, 1.807) is 30.3 Å². The van der Waals surface area contributed by atoms with Gasteiger partial charge in [-0.3, -0.25) is 9.36 Å². The van der Waals surface area contributed by atoms with Crippen LogP contribution in [-0.4, -0.2) is 60.6 Å². The van der Waals surface area contributed by atoms with E-state index in [2.05, 4.69) is 20.3 Å². The molecule has 0 aliphatic carbocycles. The average molecular weight is 426 g/mol. The van der Waals surface area contributed by atoms with Crippen LogP contribution >= 0.6 is 0 Å². The van der Waals surface area contributed by atoms with E-state index >= 15 is 4.39 Å². The quantitative estimate of drug-likeness (QED) is 0.532. The summed E-state index contributed by atoms with van der Waals surface area (Å²) in [6, 6.07) is 10.4. The monoisotopic (exact) mass is 426 g/mol. The molecule has 4 atom stereocenters. The third-order valence-corrected chi connectivity index (χ3v) is 5.25. The van der Waals surface area contributed by atoms with E-state index in [-0.39, 0.29) is 29.8 Å². The predicted molar refractivity (Wildman–Crippen MR) is 105 cm³/mol. The highest BCUT2D eigenvalue weighted by molar-refractivity contribution is 6.06. The van der Waals surface area contributed by atoms with Gasteiger partial charge in [-0.15, -0.1) is 0 Å². The number of aliphatic hydroxyl groups excluding tert-OH is 2. The van der Waals surface area contributed by atoms with Crippen LogP contribution in [0.15, 0.2) is 43.0 Å². The highest BCUT2D eigenvalue weighted by atomic mass is 19.1. The van der Waals surface area contributed by atoms with Crippen molar-refractivity contribution in [3.63, 3.8) is 0 Å². The second-order valence-corrected chi connectivity index (χ2v) is 7.06. The Morgan fingerprint density at radius 3 is 2.77 bits per heavy atom. The molecule has 31 heavy (non-hydrogen) atoms. The number of carbonyl (C=O) groups excluding carboxylic acids is 1. The van der Waals surface area contributed by atoms with Crippen molar-refractivity contribution in [3.8, 4) is 6.07 Å². The van der Waals surface area contributed by atoms with Crippen molar-refractivity contribution in [3.05, 3.63) is 48.5 Å². The Hall–Kier alpha value is -3.46. The summed E-state index contributed by atoms with van der Waals surface area (Å²) >= 11 is 0. The molecule has 160 valence electrons. The summed E-state index contributed by atoms with van der Waals surface area (Å²) in [6.07, 6.45) is -2.47. The summed E-state index contributed by atoms with van der Waals surface area (Å²) in [4.78, 5) is 25.0. The lowest BCUT2D eigenvalue weighted by atomic mass is 9.99. The number of aromatic nitrogens is 4. The number of nitrogens with zero attached hydrogens (tertiary/aromatic N) is 5. The molecule has 10 nitrogen and oxygen atoms in total. The van der Waals surface area contributed by atoms with Gasteiger partial charge in [-0.2, -0.15) is 5.26 Å². The maximum Gasteiger partial charge on any atom is 0.256 e. The van der Waals surface area contributed by atoms with Gasteiger partial charge in [-0.25, -0.2) is 19.3 Å². The first-order chi connectivity index (χ1) is 15.0. The molecule has 1 saturated heterocycles. The molecule has 2 aromatic heterocycles. The van der Waals surface area contributed by atoms with Crippen molar-refractivity contribution in [2.75, 3.05) is 11.9 Å². The van der Waals surface area contributed by atoms with Crippen LogP contribution in [0.25, 0.3) is 11.2 Å². The number of benzene rings is 1. The van der Waals surface area contributed by atoms with Crippen molar-refractivity contribution < 1.29 is 24.1 Å². The maximum absolute atomic E-state index is 15.3. The lowest BCUT2D eigenvalue weighted by Gasteiger charge is -2.32. The van der Waals surface area contributed by atoms with E-state index in [1.807, 2.05) is 6.07 Å². The molecule has 0 radical (unpaired) electrons. The molecule has 11 heteroatoms. The molecule has 1 aliphatic rings. The number of nitriles is 1. The molecule has 1 aromatic carbocycles. The standard InChI is InChI=1S/C20H19FN6O4/c21-16-15(29)13(9-28)31-20(16,7-4-8-22)27-11-25-14-17(23-10-24-18(14)27)26-19(30)12-5-2-1-3-6-12/h1-3,5-6,10-11,13,15-16,28-29H,4,7,9H2,(H,23,24,26,30)/t13-,15-,16-,20-/m1/s1. The Morgan fingerprint density at radius 1 is 1.32 bits per heavy atom. The first-order valence-corrected chi connectivity index (χ1v) is 9.54. The van der Waals surface area contributed by atoms with Gasteiger partial charge in [-0.05, 0) is 12.1 Å². The van der Waals surface area contributed by atoms with Crippen LogP contribution in [0.1, 0.15) is 23.2 Å². The summed E-state index contributed by atoms with van der Waals surface area (Å²) in [6.45, 7) is -0.601. The van der Waals surface area contributed by atoms with Gasteiger partial charge < -0.3 is 20.3 Å². The van der Waals surface area contributed by atoms with Crippen LogP contribution in [0.4, 0.5) is 10.2 Å². The molecule has 3 heterocycles. The van der Waals surface area contributed by atoms with Gasteiger partial charge in [0.25, 0.3) is 5.91 Å². The lowest BCUT2D eigenvalue weighted by Crippen LogP contribution is -2.43. The maximum atomic E-state index is 15.3. The van der Waals surface area contributed by atoms with Crippen molar-refractivity contribution in [2.45, 2.75) is 36.9 Å². The molecular formula is C20H19FN6O4. The minimum absolute atomic E-state index is 0.0757. The summed E-state index contributed by atoms with van der Waals surface area (Å²) in [5, 5.41) is 31.4. The Kier molecular flexibility index (Phi) is 5.60. The van der Waals surface area contributed by atoms with Crippen LogP contribution in [0.5, 0.6) is 0 Å². The van der Waals surface area contributed by atoms with Gasteiger partial charge in [0, 0.05) is 18.4 Å². The minimum atomic E-state index is -1.95. The number of carbonyl (C=O) groups is 1. The molecule has 1 amide bonds. The number of hydrogen-bond donors (Lipinski definition) is 3. The number of imidazole rings is 1. The number of fused-ring (bicyclic) bond motifs is 1. The van der Waals surface area contributed by atoms with E-state index in [0.717, 1.165) is 0 Å². The van der Waals surface area contributed by atoms with Crippen molar-refractivity contribution in [1.29, 1.82) is 5.26 Å². The molecule has 0 spiro atoms. The van der Waals surface area contributed by atoms with E-state index in [9.17, 15) is 15.0 Å². The van der Waals surface area contributed by atoms with E-state index in [1.165, 1.54) is 17.2 Å². The molecule has 1 fully saturated rings. The van der Waals surface area contributed by atoms with Crippen LogP contribution in [0.3, 0.4) is 0 Å². The number of rotatable bonds is 6. The first kappa shape index (κ1) is 20.8. The van der Waals surface area contributed by atoms with Crippen LogP contribution < -0.4 is 5.32 Å². The first-order valence-electron chi connectivity index (χ1n) is 9.54. The predicted octanol–water partition coefficient (Wildman–Crippen LogP) is 1.13. The van der Waals surface area contributed by atoms with E-state index in [0.29, 0.717) is 5.56 Å². The molecule has 3 N–H and O–H groups in total. The molecule has 3 aromatic rings. The third kappa shape index (κ3) is 3.50. The van der Waals surface area contributed by atoms with E-state index in [4.69, 9.17) is 10.00 Å². The number of anilines is 1. The van der Waals surface area contributed by atoms with Gasteiger partial charge >= 0.3 is 0 Å². The zero-order chi connectivity index (χ0) is 22.0. The smallest absolute Gasteiger partial charge is 0.256 e. The molecule has 4 rings (SSSR count). The number of nitrogens with one attached hydrogen (secondary N) is 1. The number of aliphatic hydroxyl groups is 2. The fourth-order valence-electron chi connectivity index (χ4n) is 3.71. The number of alkyl halides is 1. The van der Waals surface area contributed by atoms with Gasteiger partial charge in [0.1, 0.15) is 18.5 Å². The number of amides is 1. The fraction of sp³-hybridized carbons (Fsp3) is 0.350. The number of hydrogen-bond acceptors (Lipinski definition) is 8.